The molecule has 0 bridgehead atoms. The molecule has 5 nitrogen and oxygen atoms in total. The van der Waals surface area contributed by atoms with Gasteiger partial charge in [0, 0.05) is 43.8 Å². The van der Waals surface area contributed by atoms with E-state index >= 15 is 0 Å². The van der Waals surface area contributed by atoms with Gasteiger partial charge in [0.2, 0.25) is 5.95 Å². The molecule has 0 saturated carbocycles. The molecule has 0 atom stereocenters. The molecule has 282 valence electrons. The zero-order chi connectivity index (χ0) is 41.4. The lowest BCUT2D eigenvalue weighted by atomic mass is 9.59. The predicted molar refractivity (Wildman–Crippen MR) is 271 cm³/mol. The fraction of sp³-hybridized carbons (Fsp3) is 0. The summed E-state index contributed by atoms with van der Waals surface area (Å²) in [5.74, 6) is 1.81. The smallest absolute Gasteiger partial charge is 0.238 e. The number of para-hydroxylation sites is 3. The van der Waals surface area contributed by atoms with Crippen LogP contribution in [0, 0.1) is 0 Å². The second kappa shape index (κ2) is 14.5. The molecular formula is C51H38B5N5. The number of hydrogen-bond acceptors (Lipinski definition) is 3. The fourth-order valence-electron chi connectivity index (χ4n) is 9.58. The van der Waals surface area contributed by atoms with Crippen LogP contribution < -0.4 is 27.3 Å². The molecule has 0 amide bonds. The van der Waals surface area contributed by atoms with Crippen molar-refractivity contribution in [1.82, 2.24) is 24.1 Å². The first-order valence-corrected chi connectivity index (χ1v) is 21.0. The van der Waals surface area contributed by atoms with E-state index in [9.17, 15) is 0 Å². The molecule has 0 aliphatic carbocycles. The lowest BCUT2D eigenvalue weighted by molar-refractivity contribution is 0.953. The maximum atomic E-state index is 5.35. The van der Waals surface area contributed by atoms with E-state index in [-0.39, 0.29) is 0 Å². The third-order valence-corrected chi connectivity index (χ3v) is 13.0. The van der Waals surface area contributed by atoms with Crippen LogP contribution >= 0.6 is 0 Å². The van der Waals surface area contributed by atoms with E-state index in [2.05, 4.69) is 182 Å². The zero-order valence-corrected chi connectivity index (χ0v) is 34.9. The molecule has 0 fully saturated rings. The summed E-state index contributed by atoms with van der Waals surface area (Å²) in [5, 5.41) is 4.60. The number of aromatic nitrogens is 5. The van der Waals surface area contributed by atoms with Gasteiger partial charge in [0.1, 0.15) is 39.2 Å². The van der Waals surface area contributed by atoms with Crippen molar-refractivity contribution in [3.8, 4) is 56.7 Å². The third-order valence-electron chi connectivity index (χ3n) is 13.0. The summed E-state index contributed by atoms with van der Waals surface area (Å²) in [6.45, 7) is 0. The number of nitrogens with zero attached hydrogens (tertiary/aromatic N) is 5. The van der Waals surface area contributed by atoms with Gasteiger partial charge in [0.05, 0.1) is 27.8 Å². The van der Waals surface area contributed by atoms with Crippen LogP contribution in [0.1, 0.15) is 0 Å². The molecule has 10 heteroatoms. The molecule has 0 unspecified atom stereocenters. The lowest BCUT2D eigenvalue weighted by Gasteiger charge is -2.25. The highest BCUT2D eigenvalue weighted by atomic mass is 15.2. The van der Waals surface area contributed by atoms with E-state index in [1.54, 1.807) is 0 Å². The van der Waals surface area contributed by atoms with Crippen molar-refractivity contribution in [1.29, 1.82) is 0 Å². The molecular weight excluding hydrogens is 737 g/mol. The Bertz CT molecular complexity index is 3440. The van der Waals surface area contributed by atoms with Gasteiger partial charge in [-0.1, -0.05) is 169 Å². The second-order valence-electron chi connectivity index (χ2n) is 16.1. The highest BCUT2D eigenvalue weighted by Crippen LogP contribution is 2.45. The Hall–Kier alpha value is -7.31. The molecule has 3 aromatic heterocycles. The number of rotatable bonds is 6. The van der Waals surface area contributed by atoms with Crippen LogP contribution in [0.3, 0.4) is 0 Å². The fourth-order valence-corrected chi connectivity index (χ4v) is 9.58. The van der Waals surface area contributed by atoms with Crippen LogP contribution in [0.2, 0.25) is 0 Å². The van der Waals surface area contributed by atoms with Crippen LogP contribution in [0.15, 0.2) is 170 Å². The Morgan fingerprint density at radius 1 is 0.328 bits per heavy atom. The SMILES string of the molecule is Bc1c(B)c(B)c(-c2cccc(-c3ccccc3)c2-n2c3ccccc3c3ccc4c5ccccc5n(-c5nc(-c6ccccc6)nc(-c6ccccc6)n5)c4c32)c(B)c1B. The summed E-state index contributed by atoms with van der Waals surface area (Å²) in [6.07, 6.45) is 0. The maximum absolute atomic E-state index is 5.35. The first-order valence-electron chi connectivity index (χ1n) is 21.0. The average molecular weight is 775 g/mol. The van der Waals surface area contributed by atoms with Crippen molar-refractivity contribution in [3.05, 3.63) is 170 Å². The van der Waals surface area contributed by atoms with E-state index in [0.717, 1.165) is 66.2 Å². The maximum Gasteiger partial charge on any atom is 0.238 e. The molecule has 0 aliphatic rings. The molecule has 0 aliphatic heterocycles. The van der Waals surface area contributed by atoms with Crippen LogP contribution in [0.25, 0.3) is 100 Å². The van der Waals surface area contributed by atoms with Gasteiger partial charge in [-0.15, -0.1) is 16.4 Å². The Labute approximate surface area is 359 Å². The normalized spacial score (nSPS) is 11.6. The highest BCUT2D eigenvalue weighted by molar-refractivity contribution is 6.68. The van der Waals surface area contributed by atoms with Crippen molar-refractivity contribution in [2.75, 3.05) is 0 Å². The first kappa shape index (κ1) is 36.8. The molecule has 11 aromatic rings. The van der Waals surface area contributed by atoms with Crippen LogP contribution in [0.5, 0.6) is 0 Å². The van der Waals surface area contributed by atoms with Gasteiger partial charge in [-0.3, -0.25) is 4.57 Å². The summed E-state index contributed by atoms with van der Waals surface area (Å²) in [7, 11) is 11.4. The van der Waals surface area contributed by atoms with E-state index in [4.69, 9.17) is 15.0 Å². The lowest BCUT2D eigenvalue weighted by Crippen LogP contribution is -2.55. The van der Waals surface area contributed by atoms with Gasteiger partial charge in [-0.05, 0) is 23.3 Å². The third kappa shape index (κ3) is 5.73. The molecule has 0 saturated heterocycles. The first-order chi connectivity index (χ1) is 29.9. The van der Waals surface area contributed by atoms with Gasteiger partial charge in [0.25, 0.3) is 0 Å². The molecule has 3 heterocycles. The minimum absolute atomic E-state index is 0.566. The van der Waals surface area contributed by atoms with Gasteiger partial charge in [-0.2, -0.15) is 9.97 Å². The van der Waals surface area contributed by atoms with Crippen molar-refractivity contribution < 1.29 is 0 Å². The zero-order valence-electron chi connectivity index (χ0n) is 34.9. The minimum atomic E-state index is 0.566. The van der Waals surface area contributed by atoms with Gasteiger partial charge >= 0.3 is 0 Å². The van der Waals surface area contributed by atoms with Crippen molar-refractivity contribution >= 4 is 110 Å². The molecule has 0 spiro atoms. The predicted octanol–water partition coefficient (Wildman–Crippen LogP) is 4.03. The van der Waals surface area contributed by atoms with E-state index in [0.29, 0.717) is 17.6 Å². The average Bonchev–Trinajstić information content (AvgIpc) is 3.84. The van der Waals surface area contributed by atoms with E-state index < -0.39 is 0 Å². The van der Waals surface area contributed by atoms with Crippen LogP contribution in [0.4, 0.5) is 0 Å². The van der Waals surface area contributed by atoms with Crippen molar-refractivity contribution in [2.24, 2.45) is 0 Å². The summed E-state index contributed by atoms with van der Waals surface area (Å²) >= 11 is 0. The van der Waals surface area contributed by atoms with Crippen molar-refractivity contribution in [2.45, 2.75) is 0 Å². The second-order valence-corrected chi connectivity index (χ2v) is 16.1. The van der Waals surface area contributed by atoms with Crippen LogP contribution in [-0.4, -0.2) is 63.3 Å². The number of hydrogen-bond donors (Lipinski definition) is 0. The molecule has 0 N–H and O–H groups in total. The Morgan fingerprint density at radius 2 is 0.754 bits per heavy atom. The summed E-state index contributed by atoms with van der Waals surface area (Å²) < 4.78 is 4.82. The van der Waals surface area contributed by atoms with Gasteiger partial charge < -0.3 is 4.57 Å². The van der Waals surface area contributed by atoms with Crippen molar-refractivity contribution in [3.63, 3.8) is 0 Å². The number of benzene rings is 8. The Kier molecular flexibility index (Phi) is 8.71. The monoisotopic (exact) mass is 775 g/mol. The summed E-state index contributed by atoms with van der Waals surface area (Å²) in [6, 6.07) is 60.2. The Balaban J connectivity index is 1.35. The number of fused-ring (bicyclic) bond motifs is 7. The molecule has 11 rings (SSSR count). The highest BCUT2D eigenvalue weighted by Gasteiger charge is 2.27. The van der Waals surface area contributed by atoms with E-state index in [1.165, 1.54) is 43.8 Å². The molecule has 0 radical (unpaired) electrons. The summed E-state index contributed by atoms with van der Waals surface area (Å²) in [5.41, 5.74) is 18.7. The minimum Gasteiger partial charge on any atom is -0.306 e. The Morgan fingerprint density at radius 3 is 1.30 bits per heavy atom. The van der Waals surface area contributed by atoms with E-state index in [1.807, 2.05) is 36.4 Å². The molecule has 61 heavy (non-hydrogen) atoms. The van der Waals surface area contributed by atoms with Gasteiger partial charge in [-0.25, -0.2) is 4.98 Å². The summed E-state index contributed by atoms with van der Waals surface area (Å²) in [4.78, 5) is 15.8. The van der Waals surface area contributed by atoms with Gasteiger partial charge in [0.15, 0.2) is 11.6 Å². The molecule has 8 aromatic carbocycles. The standard InChI is InChI=1S/C51H38B5N5/c52-41-40(42(53)44(55)45(56)43(41)54)37-24-14-23-32(29-15-4-1-5-16-29)46(37)60-38-25-12-10-21-33(38)35-27-28-36-34-22-11-13-26-39(34)61(48(36)47(35)60)51-58-49(30-17-6-2-7-18-30)57-50(59-51)31-19-8-3-9-20-31/h1-28H,52-56H2. The topological polar surface area (TPSA) is 48.5 Å². The van der Waals surface area contributed by atoms with Crippen LogP contribution in [-0.2, 0) is 0 Å². The quantitative estimate of drug-likeness (QED) is 0.240. The largest absolute Gasteiger partial charge is 0.306 e.